The van der Waals surface area contributed by atoms with Gasteiger partial charge < -0.3 is 9.84 Å². The Kier molecular flexibility index (Phi) is 2.49. The average molecular weight is 239 g/mol. The van der Waals surface area contributed by atoms with E-state index >= 15 is 0 Å². The van der Waals surface area contributed by atoms with Gasteiger partial charge in [0.25, 0.3) is 0 Å². The lowest BCUT2D eigenvalue weighted by Crippen LogP contribution is -1.91. The first kappa shape index (κ1) is 10.5. The molecule has 0 amide bonds. The fourth-order valence-electron chi connectivity index (χ4n) is 1.66. The highest BCUT2D eigenvalue weighted by Crippen LogP contribution is 2.25. The van der Waals surface area contributed by atoms with Crippen LogP contribution in [0, 0.1) is 0 Å². The van der Waals surface area contributed by atoms with Crippen LogP contribution in [-0.2, 0) is 0 Å². The van der Waals surface area contributed by atoms with Crippen LogP contribution in [-0.4, -0.2) is 20.1 Å². The summed E-state index contributed by atoms with van der Waals surface area (Å²) in [5.74, 6) is 0.882. The number of hydrogen-bond donors (Lipinski definition) is 1. The molecule has 1 aromatic heterocycles. The Morgan fingerprint density at radius 2 is 1.61 bits per heavy atom. The Bertz CT molecular complexity index is 686. The van der Waals surface area contributed by atoms with Crippen LogP contribution in [0.5, 0.6) is 17.5 Å². The molecule has 0 bridgehead atoms. The molecule has 0 aliphatic carbocycles. The first-order valence-electron chi connectivity index (χ1n) is 5.34. The van der Waals surface area contributed by atoms with E-state index in [2.05, 4.69) is 15.0 Å². The summed E-state index contributed by atoms with van der Waals surface area (Å²) in [6.07, 6.45) is 2.75. The first-order valence-corrected chi connectivity index (χ1v) is 5.34. The summed E-state index contributed by atoms with van der Waals surface area (Å²) in [7, 11) is 0. The molecule has 0 radical (unpaired) electrons. The standard InChI is InChI=1S/C13H9N3O2/c17-11-3-1-10-6-12(4-2-9(10)5-11)18-13-15-7-14-8-16-13/h1-8,17H. The third kappa shape index (κ3) is 2.06. The van der Waals surface area contributed by atoms with Crippen molar-refractivity contribution in [3.63, 3.8) is 0 Å². The summed E-state index contributed by atoms with van der Waals surface area (Å²) in [4.78, 5) is 11.5. The molecule has 1 N–H and O–H groups in total. The van der Waals surface area contributed by atoms with Crippen molar-refractivity contribution in [2.24, 2.45) is 0 Å². The minimum Gasteiger partial charge on any atom is -0.508 e. The molecule has 0 atom stereocenters. The summed E-state index contributed by atoms with van der Waals surface area (Å²) in [5, 5.41) is 11.3. The van der Waals surface area contributed by atoms with E-state index in [0.717, 1.165) is 10.8 Å². The van der Waals surface area contributed by atoms with Crippen molar-refractivity contribution < 1.29 is 9.84 Å². The molecule has 0 saturated heterocycles. The molecule has 3 aromatic rings. The van der Waals surface area contributed by atoms with Crippen LogP contribution >= 0.6 is 0 Å². The van der Waals surface area contributed by atoms with Gasteiger partial charge in [-0.05, 0) is 35.0 Å². The molecule has 0 spiro atoms. The van der Waals surface area contributed by atoms with Crippen molar-refractivity contribution in [2.75, 3.05) is 0 Å². The van der Waals surface area contributed by atoms with Crippen LogP contribution in [0.25, 0.3) is 10.8 Å². The van der Waals surface area contributed by atoms with Gasteiger partial charge in [0.15, 0.2) is 0 Å². The van der Waals surface area contributed by atoms with Crippen LogP contribution in [0.4, 0.5) is 0 Å². The fourth-order valence-corrected chi connectivity index (χ4v) is 1.66. The van der Waals surface area contributed by atoms with Gasteiger partial charge in [0.1, 0.15) is 24.2 Å². The normalized spacial score (nSPS) is 10.4. The molecular weight excluding hydrogens is 230 g/mol. The van der Waals surface area contributed by atoms with Gasteiger partial charge in [-0.15, -0.1) is 0 Å². The van der Waals surface area contributed by atoms with Crippen LogP contribution < -0.4 is 4.74 Å². The van der Waals surface area contributed by atoms with Crippen molar-refractivity contribution in [1.82, 2.24) is 15.0 Å². The van der Waals surface area contributed by atoms with Crippen molar-refractivity contribution in [3.05, 3.63) is 49.1 Å². The van der Waals surface area contributed by atoms with E-state index < -0.39 is 0 Å². The second kappa shape index (κ2) is 4.29. The summed E-state index contributed by atoms with van der Waals surface area (Å²) in [6, 6.07) is 10.9. The number of ether oxygens (including phenoxy) is 1. The van der Waals surface area contributed by atoms with Crippen LogP contribution in [0.1, 0.15) is 0 Å². The van der Waals surface area contributed by atoms with Crippen LogP contribution in [0.15, 0.2) is 49.1 Å². The number of hydrogen-bond acceptors (Lipinski definition) is 5. The highest BCUT2D eigenvalue weighted by Gasteiger charge is 2.01. The van der Waals surface area contributed by atoms with Crippen molar-refractivity contribution in [1.29, 1.82) is 0 Å². The predicted octanol–water partition coefficient (Wildman–Crippen LogP) is 2.52. The molecular formula is C13H9N3O2. The molecule has 0 fully saturated rings. The minimum absolute atomic E-state index is 0.244. The summed E-state index contributed by atoms with van der Waals surface area (Å²) in [5.41, 5.74) is 0. The second-order valence-electron chi connectivity index (χ2n) is 3.72. The number of phenolic OH excluding ortho intramolecular Hbond substituents is 1. The second-order valence-corrected chi connectivity index (χ2v) is 3.72. The smallest absolute Gasteiger partial charge is 0.324 e. The maximum Gasteiger partial charge on any atom is 0.324 e. The summed E-state index contributed by atoms with van der Waals surface area (Å²) in [6.45, 7) is 0. The van der Waals surface area contributed by atoms with Gasteiger partial charge >= 0.3 is 6.01 Å². The zero-order valence-electron chi connectivity index (χ0n) is 9.32. The van der Waals surface area contributed by atoms with E-state index in [-0.39, 0.29) is 11.8 Å². The lowest BCUT2D eigenvalue weighted by Gasteiger charge is -2.04. The highest BCUT2D eigenvalue weighted by atomic mass is 16.5. The fraction of sp³-hybridized carbons (Fsp3) is 0. The molecule has 0 unspecified atom stereocenters. The van der Waals surface area contributed by atoms with E-state index in [1.807, 2.05) is 18.2 Å². The average Bonchev–Trinajstić information content (AvgIpc) is 2.40. The number of aromatic nitrogens is 3. The number of rotatable bonds is 2. The van der Waals surface area contributed by atoms with E-state index in [1.54, 1.807) is 18.2 Å². The Morgan fingerprint density at radius 3 is 2.44 bits per heavy atom. The molecule has 18 heavy (non-hydrogen) atoms. The van der Waals surface area contributed by atoms with Gasteiger partial charge in [-0.2, -0.15) is 9.97 Å². The molecule has 88 valence electrons. The van der Waals surface area contributed by atoms with Gasteiger partial charge in [-0.3, -0.25) is 0 Å². The molecule has 5 heteroatoms. The maximum atomic E-state index is 9.38. The van der Waals surface area contributed by atoms with Crippen molar-refractivity contribution in [3.8, 4) is 17.5 Å². The van der Waals surface area contributed by atoms with E-state index in [1.165, 1.54) is 12.7 Å². The molecule has 0 saturated carbocycles. The number of phenols is 1. The zero-order valence-corrected chi connectivity index (χ0v) is 9.32. The summed E-state index contributed by atoms with van der Waals surface area (Å²) >= 11 is 0. The number of nitrogens with zero attached hydrogens (tertiary/aromatic N) is 3. The van der Waals surface area contributed by atoms with Crippen molar-refractivity contribution >= 4 is 10.8 Å². The third-order valence-electron chi connectivity index (χ3n) is 2.47. The lowest BCUT2D eigenvalue weighted by molar-refractivity contribution is 0.440. The maximum absolute atomic E-state index is 9.38. The first-order chi connectivity index (χ1) is 8.81. The molecule has 1 heterocycles. The largest absolute Gasteiger partial charge is 0.508 e. The van der Waals surface area contributed by atoms with Crippen molar-refractivity contribution in [2.45, 2.75) is 0 Å². The molecule has 5 nitrogen and oxygen atoms in total. The Labute approximate surface area is 103 Å². The Hall–Kier alpha value is -2.69. The van der Waals surface area contributed by atoms with Crippen LogP contribution in [0.2, 0.25) is 0 Å². The highest BCUT2D eigenvalue weighted by molar-refractivity contribution is 5.85. The minimum atomic E-state index is 0.244. The summed E-state index contributed by atoms with van der Waals surface area (Å²) < 4.78 is 5.49. The van der Waals surface area contributed by atoms with Gasteiger partial charge in [0, 0.05) is 0 Å². The Morgan fingerprint density at radius 1 is 0.889 bits per heavy atom. The van der Waals surface area contributed by atoms with E-state index in [0.29, 0.717) is 5.75 Å². The van der Waals surface area contributed by atoms with E-state index in [4.69, 9.17) is 4.74 Å². The molecule has 2 aromatic carbocycles. The van der Waals surface area contributed by atoms with Gasteiger partial charge in [-0.1, -0.05) is 12.1 Å². The monoisotopic (exact) mass is 239 g/mol. The quantitative estimate of drug-likeness (QED) is 0.744. The number of aromatic hydroxyl groups is 1. The van der Waals surface area contributed by atoms with Gasteiger partial charge in [0.05, 0.1) is 0 Å². The Balaban J connectivity index is 1.96. The molecule has 0 aliphatic heterocycles. The number of benzene rings is 2. The molecule has 3 rings (SSSR count). The van der Waals surface area contributed by atoms with Crippen LogP contribution in [0.3, 0.4) is 0 Å². The SMILES string of the molecule is Oc1ccc2cc(Oc3ncncn3)ccc2c1. The third-order valence-corrected chi connectivity index (χ3v) is 2.47. The van der Waals surface area contributed by atoms with Gasteiger partial charge in [-0.25, -0.2) is 4.98 Å². The predicted molar refractivity (Wildman–Crippen MR) is 65.5 cm³/mol. The zero-order chi connectivity index (χ0) is 12.4. The van der Waals surface area contributed by atoms with Gasteiger partial charge in [0.2, 0.25) is 0 Å². The molecule has 0 aliphatic rings. The topological polar surface area (TPSA) is 68.1 Å². The number of fused-ring (bicyclic) bond motifs is 1. The lowest BCUT2D eigenvalue weighted by atomic mass is 10.1. The van der Waals surface area contributed by atoms with E-state index in [9.17, 15) is 5.11 Å².